The van der Waals surface area contributed by atoms with Crippen LogP contribution in [0.2, 0.25) is 0 Å². The fourth-order valence-electron chi connectivity index (χ4n) is 2.53. The third-order valence-corrected chi connectivity index (χ3v) is 4.66. The molecule has 3 rings (SSSR count). The molecule has 0 bridgehead atoms. The summed E-state index contributed by atoms with van der Waals surface area (Å²) in [4.78, 5) is 28.6. The van der Waals surface area contributed by atoms with E-state index in [9.17, 15) is 14.9 Å². The first-order valence-electron chi connectivity index (χ1n) is 8.25. The Hall–Kier alpha value is -3.46. The zero-order chi connectivity index (χ0) is 20.1. The summed E-state index contributed by atoms with van der Waals surface area (Å²) in [5, 5.41) is 13.1. The highest BCUT2D eigenvalue weighted by Gasteiger charge is 2.21. The van der Waals surface area contributed by atoms with E-state index in [0.717, 1.165) is 0 Å². The van der Waals surface area contributed by atoms with Gasteiger partial charge in [-0.1, -0.05) is 18.2 Å². The van der Waals surface area contributed by atoms with Crippen molar-refractivity contribution >= 4 is 33.8 Å². The van der Waals surface area contributed by atoms with E-state index >= 15 is 0 Å². The van der Waals surface area contributed by atoms with Crippen molar-refractivity contribution in [1.29, 1.82) is 0 Å². The lowest BCUT2D eigenvalue weighted by molar-refractivity contribution is -0.384. The van der Waals surface area contributed by atoms with Gasteiger partial charge in [0, 0.05) is 18.4 Å². The number of anilines is 2. The molecule has 1 aromatic heterocycles. The number of ether oxygens (including phenoxy) is 2. The van der Waals surface area contributed by atoms with E-state index < -0.39 is 4.92 Å². The van der Waals surface area contributed by atoms with Gasteiger partial charge in [0.15, 0.2) is 5.13 Å². The van der Waals surface area contributed by atoms with Gasteiger partial charge in [-0.25, -0.2) is 4.98 Å². The molecule has 0 unspecified atom stereocenters. The lowest BCUT2D eigenvalue weighted by atomic mass is 10.2. The Morgan fingerprint density at radius 3 is 2.75 bits per heavy atom. The number of amides is 1. The number of carbonyl (C=O) groups is 1. The molecular weight excluding hydrogens is 382 g/mol. The van der Waals surface area contributed by atoms with Gasteiger partial charge in [0.2, 0.25) is 5.91 Å². The zero-order valence-electron chi connectivity index (χ0n) is 15.2. The molecule has 0 aliphatic heterocycles. The maximum atomic E-state index is 12.2. The summed E-state index contributed by atoms with van der Waals surface area (Å²) in [5.74, 6) is 0.726. The van der Waals surface area contributed by atoms with Crippen molar-refractivity contribution in [3.8, 4) is 11.5 Å². The average molecular weight is 399 g/mol. The maximum absolute atomic E-state index is 12.2. The first kappa shape index (κ1) is 19.3. The number of non-ortho nitro benzene ring substituents is 1. The minimum Gasteiger partial charge on any atom is -0.495 e. The van der Waals surface area contributed by atoms with Crippen LogP contribution in [-0.2, 0) is 11.4 Å². The summed E-state index contributed by atoms with van der Waals surface area (Å²) in [6.07, 6.45) is 0. The van der Waals surface area contributed by atoms with Gasteiger partial charge < -0.3 is 9.47 Å². The Kier molecular flexibility index (Phi) is 5.85. The fraction of sp³-hybridized carbons (Fsp3) is 0.158. The van der Waals surface area contributed by atoms with E-state index in [0.29, 0.717) is 28.0 Å². The van der Waals surface area contributed by atoms with Gasteiger partial charge in [-0.2, -0.15) is 0 Å². The molecule has 3 aromatic rings. The van der Waals surface area contributed by atoms with Gasteiger partial charge in [0.25, 0.3) is 5.69 Å². The number of carbonyl (C=O) groups excluding carboxylic acids is 1. The molecule has 0 saturated heterocycles. The molecule has 0 aliphatic carbocycles. The highest BCUT2D eigenvalue weighted by Crippen LogP contribution is 2.35. The molecule has 2 aromatic carbocycles. The average Bonchev–Trinajstić information content (AvgIpc) is 3.15. The van der Waals surface area contributed by atoms with Gasteiger partial charge in [-0.3, -0.25) is 19.8 Å². The van der Waals surface area contributed by atoms with Crippen molar-refractivity contribution in [3.05, 3.63) is 69.7 Å². The van der Waals surface area contributed by atoms with E-state index in [4.69, 9.17) is 9.47 Å². The van der Waals surface area contributed by atoms with E-state index in [1.54, 1.807) is 29.6 Å². The summed E-state index contributed by atoms with van der Waals surface area (Å²) in [6, 6.07) is 13.1. The third-order valence-electron chi connectivity index (χ3n) is 3.79. The number of nitrogens with zero attached hydrogens (tertiary/aromatic N) is 3. The highest BCUT2D eigenvalue weighted by molar-refractivity contribution is 7.14. The molecule has 0 atom stereocenters. The van der Waals surface area contributed by atoms with Crippen LogP contribution in [0.25, 0.3) is 0 Å². The zero-order valence-corrected chi connectivity index (χ0v) is 16.0. The van der Waals surface area contributed by atoms with Gasteiger partial charge >= 0.3 is 0 Å². The molecule has 0 saturated carbocycles. The Balaban J connectivity index is 1.79. The van der Waals surface area contributed by atoms with Gasteiger partial charge in [-0.15, -0.1) is 11.3 Å². The molecule has 0 fully saturated rings. The highest BCUT2D eigenvalue weighted by atomic mass is 32.1. The SMILES string of the molecule is COc1ccccc1N(C(C)=O)c1nc(COc2cccc([N+](=O)[O-])c2)cs1. The Bertz CT molecular complexity index is 1000. The van der Waals surface area contributed by atoms with Crippen molar-refractivity contribution in [1.82, 2.24) is 4.98 Å². The topological polar surface area (TPSA) is 94.8 Å². The van der Waals surface area contributed by atoms with Gasteiger partial charge in [0.05, 0.1) is 29.5 Å². The second-order valence-electron chi connectivity index (χ2n) is 5.69. The molecule has 0 aliphatic rings. The van der Waals surface area contributed by atoms with Gasteiger partial charge in [0.1, 0.15) is 18.1 Å². The number of hydrogen-bond donors (Lipinski definition) is 0. The molecule has 1 amide bonds. The standard InChI is InChI=1S/C19H17N3O5S/c1-13(23)21(17-8-3-4-9-18(17)26-2)19-20-14(12-28-19)11-27-16-7-5-6-15(10-16)22(24)25/h3-10,12H,11H2,1-2H3. The summed E-state index contributed by atoms with van der Waals surface area (Å²) in [6.45, 7) is 1.57. The van der Waals surface area contributed by atoms with E-state index in [2.05, 4.69) is 4.98 Å². The number of para-hydroxylation sites is 2. The largest absolute Gasteiger partial charge is 0.495 e. The molecule has 0 radical (unpaired) electrons. The van der Waals surface area contributed by atoms with Crippen LogP contribution in [0, 0.1) is 10.1 Å². The number of aromatic nitrogens is 1. The smallest absolute Gasteiger partial charge is 0.273 e. The molecule has 144 valence electrons. The van der Waals surface area contributed by atoms with Crippen LogP contribution in [0.4, 0.5) is 16.5 Å². The molecule has 0 N–H and O–H groups in total. The second kappa shape index (κ2) is 8.49. The summed E-state index contributed by atoms with van der Waals surface area (Å²) < 4.78 is 10.9. The second-order valence-corrected chi connectivity index (χ2v) is 6.53. The lowest BCUT2D eigenvalue weighted by Crippen LogP contribution is -2.23. The van der Waals surface area contributed by atoms with E-state index in [-0.39, 0.29) is 18.2 Å². The van der Waals surface area contributed by atoms with Crippen LogP contribution in [0.1, 0.15) is 12.6 Å². The lowest BCUT2D eigenvalue weighted by Gasteiger charge is -2.20. The molecule has 28 heavy (non-hydrogen) atoms. The first-order valence-corrected chi connectivity index (χ1v) is 9.13. The van der Waals surface area contributed by atoms with Crippen molar-refractivity contribution < 1.29 is 19.2 Å². The molecule has 0 spiro atoms. The fourth-order valence-corrected chi connectivity index (χ4v) is 3.40. The minimum absolute atomic E-state index is 0.0459. The normalized spacial score (nSPS) is 10.4. The predicted octanol–water partition coefficient (Wildman–Crippen LogP) is 4.32. The van der Waals surface area contributed by atoms with Crippen LogP contribution < -0.4 is 14.4 Å². The monoisotopic (exact) mass is 399 g/mol. The van der Waals surface area contributed by atoms with Crippen LogP contribution in [-0.4, -0.2) is 22.9 Å². The quantitative estimate of drug-likeness (QED) is 0.434. The number of rotatable bonds is 7. The Morgan fingerprint density at radius 1 is 1.25 bits per heavy atom. The Labute approximate surface area is 165 Å². The molecule has 1 heterocycles. The van der Waals surface area contributed by atoms with Crippen LogP contribution in [0.5, 0.6) is 11.5 Å². The maximum Gasteiger partial charge on any atom is 0.273 e. The van der Waals surface area contributed by atoms with Crippen molar-refractivity contribution in [2.45, 2.75) is 13.5 Å². The molecule has 8 nitrogen and oxygen atoms in total. The summed E-state index contributed by atoms with van der Waals surface area (Å²) >= 11 is 1.29. The van der Waals surface area contributed by atoms with Crippen LogP contribution in [0.3, 0.4) is 0 Å². The van der Waals surface area contributed by atoms with Crippen molar-refractivity contribution in [3.63, 3.8) is 0 Å². The minimum atomic E-state index is -0.480. The number of hydrogen-bond acceptors (Lipinski definition) is 7. The molecule has 9 heteroatoms. The van der Waals surface area contributed by atoms with Crippen LogP contribution >= 0.6 is 11.3 Å². The number of nitro groups is 1. The van der Waals surface area contributed by atoms with Gasteiger partial charge in [-0.05, 0) is 18.2 Å². The number of thiazole rings is 1. The number of benzene rings is 2. The van der Waals surface area contributed by atoms with E-state index in [1.807, 2.05) is 12.1 Å². The van der Waals surface area contributed by atoms with Crippen molar-refractivity contribution in [2.75, 3.05) is 12.0 Å². The number of methoxy groups -OCH3 is 1. The van der Waals surface area contributed by atoms with E-state index in [1.165, 1.54) is 42.4 Å². The summed E-state index contributed by atoms with van der Waals surface area (Å²) in [7, 11) is 1.54. The predicted molar refractivity (Wildman–Crippen MR) is 105 cm³/mol. The van der Waals surface area contributed by atoms with Crippen LogP contribution in [0.15, 0.2) is 53.9 Å². The molecular formula is C19H17N3O5S. The van der Waals surface area contributed by atoms with Crippen molar-refractivity contribution in [2.24, 2.45) is 0 Å². The Morgan fingerprint density at radius 2 is 2.04 bits per heavy atom. The summed E-state index contributed by atoms with van der Waals surface area (Å²) in [5.41, 5.74) is 1.15. The third kappa shape index (κ3) is 4.26. The number of nitro benzene ring substituents is 1. The first-order chi connectivity index (χ1) is 13.5.